The fourth-order valence-electron chi connectivity index (χ4n) is 1.53. The fourth-order valence-corrected chi connectivity index (χ4v) is 2.12. The topological polar surface area (TPSA) is 64.3 Å². The zero-order chi connectivity index (χ0) is 13.5. The number of carbonyl (C=O) groups is 1. The van der Waals surface area contributed by atoms with Crippen LogP contribution in [0.4, 0.5) is 0 Å². The van der Waals surface area contributed by atoms with Crippen molar-refractivity contribution in [1.29, 1.82) is 0 Å². The van der Waals surface area contributed by atoms with Crippen LogP contribution in [0.15, 0.2) is 22.7 Å². The maximum absolute atomic E-state index is 11.6. The van der Waals surface area contributed by atoms with E-state index in [1.54, 1.807) is 7.11 Å². The molecule has 1 aromatic carbocycles. The molecule has 0 saturated carbocycles. The Morgan fingerprint density at radius 1 is 1.53 bits per heavy atom. The number of nitrogens with one attached hydrogen (secondary N) is 1. The summed E-state index contributed by atoms with van der Waals surface area (Å²) in [5.41, 5.74) is 6.54. The molecule has 3 N–H and O–H groups in total. The van der Waals surface area contributed by atoms with Crippen LogP contribution in [-0.2, 0) is 11.2 Å². The van der Waals surface area contributed by atoms with Crippen molar-refractivity contribution in [2.24, 2.45) is 5.73 Å². The predicted molar refractivity (Wildman–Crippen MR) is 82.9 cm³/mol. The second-order valence-electron chi connectivity index (χ2n) is 4.17. The van der Waals surface area contributed by atoms with Crippen LogP contribution < -0.4 is 15.8 Å². The molecule has 0 bridgehead atoms. The molecule has 1 aromatic rings. The third-order valence-corrected chi connectivity index (χ3v) is 3.24. The number of methoxy groups -OCH3 is 1. The van der Waals surface area contributed by atoms with Crippen LogP contribution in [0.1, 0.15) is 18.9 Å². The molecule has 4 nitrogen and oxygen atoms in total. The number of nitrogens with two attached hydrogens (primary N) is 1. The highest BCUT2D eigenvalue weighted by atomic mass is 79.9. The summed E-state index contributed by atoms with van der Waals surface area (Å²) in [6, 6.07) is 5.85. The van der Waals surface area contributed by atoms with Gasteiger partial charge in [-0.05, 0) is 47.0 Å². The van der Waals surface area contributed by atoms with Crippen molar-refractivity contribution in [3.63, 3.8) is 0 Å². The number of amides is 1. The lowest BCUT2D eigenvalue weighted by molar-refractivity contribution is -0.121. The molecule has 0 spiro atoms. The molecule has 0 aliphatic rings. The van der Waals surface area contributed by atoms with Crippen LogP contribution in [0.25, 0.3) is 0 Å². The maximum Gasteiger partial charge on any atom is 0.220 e. The quantitative estimate of drug-likeness (QED) is 0.826. The number of carbonyl (C=O) groups excluding carboxylic acids is 1. The molecule has 0 unspecified atom stereocenters. The first-order valence-electron chi connectivity index (χ1n) is 5.88. The Bertz CT molecular complexity index is 416. The number of hydrogen-bond acceptors (Lipinski definition) is 3. The summed E-state index contributed by atoms with van der Waals surface area (Å²) in [5.74, 6) is 0.819. The zero-order valence-corrected chi connectivity index (χ0v) is 13.5. The van der Waals surface area contributed by atoms with Crippen molar-refractivity contribution in [3.8, 4) is 5.75 Å². The first-order valence-corrected chi connectivity index (χ1v) is 6.68. The van der Waals surface area contributed by atoms with Gasteiger partial charge in [-0.3, -0.25) is 4.79 Å². The number of aryl methyl sites for hydroxylation is 1. The molecule has 0 radical (unpaired) electrons. The highest BCUT2D eigenvalue weighted by molar-refractivity contribution is 9.10. The van der Waals surface area contributed by atoms with Crippen LogP contribution in [0.2, 0.25) is 0 Å². The van der Waals surface area contributed by atoms with Gasteiger partial charge in [0.25, 0.3) is 0 Å². The second kappa shape index (κ2) is 9.18. The summed E-state index contributed by atoms with van der Waals surface area (Å²) in [5, 5.41) is 2.84. The van der Waals surface area contributed by atoms with Gasteiger partial charge in [-0.2, -0.15) is 0 Å². The van der Waals surface area contributed by atoms with E-state index in [0.29, 0.717) is 19.4 Å². The molecular formula is C13H20BrClN2O2. The van der Waals surface area contributed by atoms with E-state index in [-0.39, 0.29) is 24.4 Å². The van der Waals surface area contributed by atoms with Crippen LogP contribution in [0, 0.1) is 0 Å². The van der Waals surface area contributed by atoms with E-state index in [4.69, 9.17) is 10.5 Å². The van der Waals surface area contributed by atoms with Gasteiger partial charge in [0.15, 0.2) is 0 Å². The lowest BCUT2D eigenvalue weighted by Crippen LogP contribution is -2.37. The van der Waals surface area contributed by atoms with Crippen molar-refractivity contribution in [2.75, 3.05) is 13.7 Å². The number of benzene rings is 1. The van der Waals surface area contributed by atoms with E-state index in [1.807, 2.05) is 25.1 Å². The van der Waals surface area contributed by atoms with Crippen LogP contribution in [0.3, 0.4) is 0 Å². The average Bonchev–Trinajstić information content (AvgIpc) is 2.36. The number of hydrogen-bond donors (Lipinski definition) is 2. The van der Waals surface area contributed by atoms with Gasteiger partial charge in [-0.15, -0.1) is 12.4 Å². The second-order valence-corrected chi connectivity index (χ2v) is 5.03. The first kappa shape index (κ1) is 18.2. The van der Waals surface area contributed by atoms with E-state index < -0.39 is 0 Å². The summed E-state index contributed by atoms with van der Waals surface area (Å²) in [6.45, 7) is 2.35. The molecule has 19 heavy (non-hydrogen) atoms. The van der Waals surface area contributed by atoms with Crippen molar-refractivity contribution in [1.82, 2.24) is 5.32 Å². The Morgan fingerprint density at radius 3 is 2.74 bits per heavy atom. The van der Waals surface area contributed by atoms with Gasteiger partial charge < -0.3 is 15.8 Å². The van der Waals surface area contributed by atoms with E-state index in [1.165, 1.54) is 0 Å². The summed E-state index contributed by atoms with van der Waals surface area (Å²) >= 11 is 3.42. The lowest BCUT2D eigenvalue weighted by atomic mass is 10.1. The number of halogens is 2. The zero-order valence-electron chi connectivity index (χ0n) is 11.1. The molecule has 0 fully saturated rings. The number of ether oxygens (including phenoxy) is 1. The summed E-state index contributed by atoms with van der Waals surface area (Å²) in [7, 11) is 1.63. The molecule has 108 valence electrons. The smallest absolute Gasteiger partial charge is 0.220 e. The molecule has 0 aliphatic heterocycles. The van der Waals surface area contributed by atoms with Crippen molar-refractivity contribution in [3.05, 3.63) is 28.2 Å². The Labute approximate surface area is 128 Å². The van der Waals surface area contributed by atoms with E-state index in [2.05, 4.69) is 21.2 Å². The van der Waals surface area contributed by atoms with Gasteiger partial charge in [-0.1, -0.05) is 6.07 Å². The largest absolute Gasteiger partial charge is 0.496 e. The third kappa shape index (κ3) is 6.27. The van der Waals surface area contributed by atoms with Crippen LogP contribution in [0.5, 0.6) is 5.75 Å². The SMILES string of the molecule is COc1ccc(CCC(=O)N[C@@H](C)CN)cc1Br.Cl. The number of rotatable bonds is 6. The normalized spacial score (nSPS) is 11.4. The summed E-state index contributed by atoms with van der Waals surface area (Å²) < 4.78 is 6.05. The highest BCUT2D eigenvalue weighted by Gasteiger charge is 2.07. The van der Waals surface area contributed by atoms with Gasteiger partial charge >= 0.3 is 0 Å². The molecule has 1 rings (SSSR count). The van der Waals surface area contributed by atoms with Gasteiger partial charge in [0.1, 0.15) is 5.75 Å². The lowest BCUT2D eigenvalue weighted by Gasteiger charge is -2.11. The van der Waals surface area contributed by atoms with Crippen molar-refractivity contribution in [2.45, 2.75) is 25.8 Å². The van der Waals surface area contributed by atoms with Gasteiger partial charge in [-0.25, -0.2) is 0 Å². The Morgan fingerprint density at radius 2 is 2.21 bits per heavy atom. The predicted octanol–water partition coefficient (Wildman–Crippen LogP) is 2.28. The molecule has 0 aliphatic carbocycles. The van der Waals surface area contributed by atoms with Gasteiger partial charge in [0.2, 0.25) is 5.91 Å². The van der Waals surface area contributed by atoms with Crippen molar-refractivity contribution >= 4 is 34.2 Å². The minimum absolute atomic E-state index is 0. The van der Waals surface area contributed by atoms with Crippen LogP contribution >= 0.6 is 28.3 Å². The monoisotopic (exact) mass is 350 g/mol. The molecule has 1 atom stereocenters. The molecule has 0 heterocycles. The summed E-state index contributed by atoms with van der Waals surface area (Å²) in [6.07, 6.45) is 1.16. The third-order valence-electron chi connectivity index (χ3n) is 2.62. The average molecular weight is 352 g/mol. The molecule has 0 saturated heterocycles. The summed E-state index contributed by atoms with van der Waals surface area (Å²) in [4.78, 5) is 11.6. The van der Waals surface area contributed by atoms with Crippen LogP contribution in [-0.4, -0.2) is 25.6 Å². The Kier molecular flexibility index (Phi) is 8.80. The fraction of sp³-hybridized carbons (Fsp3) is 0.462. The van der Waals surface area contributed by atoms with Gasteiger partial charge in [0, 0.05) is 19.0 Å². The van der Waals surface area contributed by atoms with Crippen molar-refractivity contribution < 1.29 is 9.53 Å². The Balaban J connectivity index is 0.00000324. The Hall–Kier alpha value is -0.780. The van der Waals surface area contributed by atoms with E-state index in [9.17, 15) is 4.79 Å². The maximum atomic E-state index is 11.6. The first-order chi connectivity index (χ1) is 8.56. The van der Waals surface area contributed by atoms with Gasteiger partial charge in [0.05, 0.1) is 11.6 Å². The molecular weight excluding hydrogens is 332 g/mol. The molecule has 1 amide bonds. The van der Waals surface area contributed by atoms with E-state index >= 15 is 0 Å². The standard InChI is InChI=1S/C13H19BrN2O2.ClH/c1-9(8-15)16-13(17)6-4-10-3-5-12(18-2)11(14)7-10;/h3,5,7,9H,4,6,8,15H2,1-2H3,(H,16,17);1H/t9-;/m0./s1. The minimum Gasteiger partial charge on any atom is -0.496 e. The van der Waals surface area contributed by atoms with E-state index in [0.717, 1.165) is 15.8 Å². The molecule has 0 aromatic heterocycles. The highest BCUT2D eigenvalue weighted by Crippen LogP contribution is 2.25. The minimum atomic E-state index is 0. The molecule has 6 heteroatoms.